The number of Topliss-reactive ketones (excluding diaryl/α,β-unsaturated/α-hetero) is 2. The van der Waals surface area contributed by atoms with Crippen molar-refractivity contribution in [2.75, 3.05) is 6.61 Å². The fourth-order valence-electron chi connectivity index (χ4n) is 3.09. The summed E-state index contributed by atoms with van der Waals surface area (Å²) in [6.07, 6.45) is 0.484. The fraction of sp³-hybridized carbons (Fsp3) is 0.391. The van der Waals surface area contributed by atoms with E-state index >= 15 is 0 Å². The minimum atomic E-state index is -1.44. The molecule has 0 bridgehead atoms. The van der Waals surface area contributed by atoms with Crippen molar-refractivity contribution in [1.82, 2.24) is 0 Å². The predicted molar refractivity (Wildman–Crippen MR) is 108 cm³/mol. The molecule has 0 spiro atoms. The Morgan fingerprint density at radius 1 is 0.750 bits per heavy atom. The lowest BCUT2D eigenvalue weighted by atomic mass is 9.86. The summed E-state index contributed by atoms with van der Waals surface area (Å²) < 4.78 is 0. The van der Waals surface area contributed by atoms with E-state index in [-0.39, 0.29) is 24.1 Å². The standard InChI is InChI=1S/C23H28O5/c1-22(2,27)20(25)17-9-5-15(6-10-17)19(13-14-24)16-7-11-18(12-8-16)21(26)23(3,4)28/h5-12,19,24,27-28H,13-14H2,1-4H3. The molecule has 3 N–H and O–H groups in total. The third-order valence-corrected chi connectivity index (χ3v) is 4.68. The maximum absolute atomic E-state index is 12.2. The zero-order chi connectivity index (χ0) is 21.1. The zero-order valence-electron chi connectivity index (χ0n) is 16.8. The normalized spacial score (nSPS) is 12.3. The molecule has 2 aromatic carbocycles. The number of carbonyl (C=O) groups excluding carboxylic acids is 2. The zero-order valence-corrected chi connectivity index (χ0v) is 16.8. The van der Waals surface area contributed by atoms with Gasteiger partial charge in [-0.15, -0.1) is 0 Å². The molecule has 0 saturated carbocycles. The summed E-state index contributed by atoms with van der Waals surface area (Å²) in [6, 6.07) is 13.9. The molecule has 0 atom stereocenters. The Morgan fingerprint density at radius 2 is 1.07 bits per heavy atom. The molecule has 2 aromatic rings. The van der Waals surface area contributed by atoms with Gasteiger partial charge in [0.25, 0.3) is 0 Å². The lowest BCUT2D eigenvalue weighted by Gasteiger charge is -2.20. The minimum Gasteiger partial charge on any atom is -0.396 e. The molecule has 0 aliphatic rings. The van der Waals surface area contributed by atoms with E-state index in [1.807, 2.05) is 24.3 Å². The first-order chi connectivity index (χ1) is 12.9. The quantitative estimate of drug-likeness (QED) is 0.608. The van der Waals surface area contributed by atoms with E-state index in [1.54, 1.807) is 24.3 Å². The second-order valence-electron chi connectivity index (χ2n) is 8.09. The maximum atomic E-state index is 12.2. The number of hydrogen-bond acceptors (Lipinski definition) is 5. The first kappa shape index (κ1) is 22.0. The molecule has 0 aliphatic heterocycles. The smallest absolute Gasteiger partial charge is 0.193 e. The first-order valence-electron chi connectivity index (χ1n) is 9.30. The van der Waals surface area contributed by atoms with Gasteiger partial charge in [0.1, 0.15) is 11.2 Å². The van der Waals surface area contributed by atoms with E-state index in [9.17, 15) is 24.9 Å². The van der Waals surface area contributed by atoms with Gasteiger partial charge in [-0.3, -0.25) is 9.59 Å². The van der Waals surface area contributed by atoms with E-state index < -0.39 is 11.2 Å². The summed E-state index contributed by atoms with van der Waals surface area (Å²) in [5.74, 6) is -0.818. The fourth-order valence-corrected chi connectivity index (χ4v) is 3.09. The molecule has 2 rings (SSSR count). The highest BCUT2D eigenvalue weighted by atomic mass is 16.3. The Balaban J connectivity index is 2.30. The third-order valence-electron chi connectivity index (χ3n) is 4.68. The van der Waals surface area contributed by atoms with E-state index in [1.165, 1.54) is 27.7 Å². The van der Waals surface area contributed by atoms with Crippen LogP contribution in [0.4, 0.5) is 0 Å². The molecule has 0 unspecified atom stereocenters. The summed E-state index contributed by atoms with van der Waals surface area (Å²) in [5.41, 5.74) is -0.190. The van der Waals surface area contributed by atoms with E-state index in [2.05, 4.69) is 0 Å². The number of carbonyl (C=O) groups is 2. The predicted octanol–water partition coefficient (Wildman–Crippen LogP) is 3.11. The number of rotatable bonds is 8. The molecule has 0 saturated heterocycles. The lowest BCUT2D eigenvalue weighted by molar-refractivity contribution is 0.0487. The molecule has 0 aromatic heterocycles. The molecule has 0 radical (unpaired) electrons. The van der Waals surface area contributed by atoms with Crippen molar-refractivity contribution in [1.29, 1.82) is 0 Å². The Morgan fingerprint density at radius 3 is 1.32 bits per heavy atom. The van der Waals surface area contributed by atoms with E-state index in [4.69, 9.17) is 0 Å². The van der Waals surface area contributed by atoms with Crippen LogP contribution < -0.4 is 0 Å². The first-order valence-corrected chi connectivity index (χ1v) is 9.30. The molecule has 150 valence electrons. The molecule has 5 heteroatoms. The van der Waals surface area contributed by atoms with Gasteiger partial charge < -0.3 is 15.3 Å². The highest BCUT2D eigenvalue weighted by Gasteiger charge is 2.26. The van der Waals surface area contributed by atoms with Gasteiger partial charge in [0, 0.05) is 23.7 Å². The Kier molecular flexibility index (Phi) is 6.55. The highest BCUT2D eigenvalue weighted by molar-refractivity contribution is 6.02. The Bertz CT molecular complexity index is 752. The van der Waals surface area contributed by atoms with Crippen LogP contribution in [0.5, 0.6) is 0 Å². The summed E-state index contributed by atoms with van der Waals surface area (Å²) in [7, 11) is 0. The monoisotopic (exact) mass is 384 g/mol. The minimum absolute atomic E-state index is 0.0145. The third kappa shape index (κ3) is 5.13. The molecular formula is C23H28O5. The van der Waals surface area contributed by atoms with Crippen LogP contribution in [0.15, 0.2) is 48.5 Å². The van der Waals surface area contributed by atoms with Gasteiger partial charge in [-0.25, -0.2) is 0 Å². The number of aliphatic hydroxyl groups excluding tert-OH is 1. The molecule has 0 aliphatic carbocycles. The Labute approximate surface area is 165 Å². The second-order valence-corrected chi connectivity index (χ2v) is 8.09. The van der Waals surface area contributed by atoms with Crippen LogP contribution in [-0.4, -0.2) is 44.7 Å². The van der Waals surface area contributed by atoms with Crippen LogP contribution in [0.25, 0.3) is 0 Å². The molecule has 5 nitrogen and oxygen atoms in total. The van der Waals surface area contributed by atoms with Crippen molar-refractivity contribution < 1.29 is 24.9 Å². The van der Waals surface area contributed by atoms with Crippen molar-refractivity contribution in [2.24, 2.45) is 0 Å². The van der Waals surface area contributed by atoms with Gasteiger partial charge in [0.15, 0.2) is 11.6 Å². The van der Waals surface area contributed by atoms with E-state index in [0.717, 1.165) is 11.1 Å². The number of ketones is 2. The van der Waals surface area contributed by atoms with Crippen LogP contribution >= 0.6 is 0 Å². The van der Waals surface area contributed by atoms with Crippen LogP contribution in [0, 0.1) is 0 Å². The molecule has 0 heterocycles. The molecular weight excluding hydrogens is 356 g/mol. The average molecular weight is 384 g/mol. The summed E-state index contributed by atoms with van der Waals surface area (Å²) in [6.45, 7) is 5.80. The van der Waals surface area contributed by atoms with E-state index in [0.29, 0.717) is 17.5 Å². The van der Waals surface area contributed by atoms with Crippen molar-refractivity contribution >= 4 is 11.6 Å². The molecule has 28 heavy (non-hydrogen) atoms. The summed E-state index contributed by atoms with van der Waals surface area (Å²) in [5, 5.41) is 29.2. The summed E-state index contributed by atoms with van der Waals surface area (Å²) >= 11 is 0. The number of benzene rings is 2. The van der Waals surface area contributed by atoms with Crippen molar-refractivity contribution in [2.45, 2.75) is 51.2 Å². The van der Waals surface area contributed by atoms with Crippen LogP contribution in [0.3, 0.4) is 0 Å². The maximum Gasteiger partial charge on any atom is 0.193 e. The van der Waals surface area contributed by atoms with Gasteiger partial charge in [-0.05, 0) is 45.2 Å². The van der Waals surface area contributed by atoms with Crippen LogP contribution in [-0.2, 0) is 0 Å². The number of aliphatic hydroxyl groups is 3. The van der Waals surface area contributed by atoms with Crippen molar-refractivity contribution in [3.05, 3.63) is 70.8 Å². The van der Waals surface area contributed by atoms with Crippen LogP contribution in [0.1, 0.15) is 71.9 Å². The van der Waals surface area contributed by atoms with Gasteiger partial charge in [-0.2, -0.15) is 0 Å². The van der Waals surface area contributed by atoms with Gasteiger partial charge >= 0.3 is 0 Å². The average Bonchev–Trinajstić information content (AvgIpc) is 2.64. The van der Waals surface area contributed by atoms with Gasteiger partial charge in [0.2, 0.25) is 0 Å². The molecule has 0 fully saturated rings. The van der Waals surface area contributed by atoms with Crippen molar-refractivity contribution in [3.63, 3.8) is 0 Å². The van der Waals surface area contributed by atoms with Crippen molar-refractivity contribution in [3.8, 4) is 0 Å². The van der Waals surface area contributed by atoms with Gasteiger partial charge in [0.05, 0.1) is 0 Å². The Hall–Kier alpha value is -2.34. The SMILES string of the molecule is CC(C)(O)C(=O)c1ccc(C(CCO)c2ccc(C(=O)C(C)(C)O)cc2)cc1. The summed E-state index contributed by atoms with van der Waals surface area (Å²) in [4.78, 5) is 24.4. The lowest BCUT2D eigenvalue weighted by Crippen LogP contribution is -2.31. The topological polar surface area (TPSA) is 94.8 Å². The number of hydrogen-bond donors (Lipinski definition) is 3. The second kappa shape index (κ2) is 8.35. The molecule has 0 amide bonds. The van der Waals surface area contributed by atoms with Gasteiger partial charge in [-0.1, -0.05) is 48.5 Å². The van der Waals surface area contributed by atoms with Crippen LogP contribution in [0.2, 0.25) is 0 Å². The largest absolute Gasteiger partial charge is 0.396 e. The highest BCUT2D eigenvalue weighted by Crippen LogP contribution is 2.29.